The van der Waals surface area contributed by atoms with Crippen LogP contribution in [0.1, 0.15) is 5.56 Å². The average molecular weight is 366 g/mol. The number of amides is 1. The smallest absolute Gasteiger partial charge is 0.258 e. The van der Waals surface area contributed by atoms with Crippen LogP contribution in [0, 0.1) is 0 Å². The molecule has 7 heteroatoms. The number of benzene rings is 2. The normalized spacial score (nSPS) is 10.1. The molecule has 0 aliphatic heterocycles. The van der Waals surface area contributed by atoms with Gasteiger partial charge in [-0.15, -0.1) is 0 Å². The Bertz CT molecular complexity index is 710. The summed E-state index contributed by atoms with van der Waals surface area (Å²) in [4.78, 5) is 12.0. The van der Waals surface area contributed by atoms with Crippen molar-refractivity contribution in [1.29, 1.82) is 0 Å². The predicted octanol–water partition coefficient (Wildman–Crippen LogP) is 3.06. The first kappa shape index (κ1) is 18.7. The Hall–Kier alpha value is -2.60. The van der Waals surface area contributed by atoms with Gasteiger partial charge in [-0.3, -0.25) is 4.79 Å². The van der Waals surface area contributed by atoms with E-state index < -0.39 is 0 Å². The second-order valence-corrected chi connectivity index (χ2v) is 5.49. The SMILES string of the molecule is COc1cc(CNC(=O)COc2cccc(Cl)c2)cc(OC)c1OC. The third kappa shape index (κ3) is 5.19. The van der Waals surface area contributed by atoms with E-state index in [9.17, 15) is 4.79 Å². The number of hydrogen-bond acceptors (Lipinski definition) is 5. The number of rotatable bonds is 8. The maximum absolute atomic E-state index is 12.0. The lowest BCUT2D eigenvalue weighted by Crippen LogP contribution is -2.28. The predicted molar refractivity (Wildman–Crippen MR) is 94.9 cm³/mol. The van der Waals surface area contributed by atoms with Crippen LogP contribution in [-0.2, 0) is 11.3 Å². The molecule has 0 fully saturated rings. The van der Waals surface area contributed by atoms with E-state index in [4.69, 9.17) is 30.5 Å². The molecule has 0 aromatic heterocycles. The lowest BCUT2D eigenvalue weighted by molar-refractivity contribution is -0.123. The monoisotopic (exact) mass is 365 g/mol. The van der Waals surface area contributed by atoms with Gasteiger partial charge >= 0.3 is 0 Å². The van der Waals surface area contributed by atoms with E-state index in [1.54, 1.807) is 50.6 Å². The molecular weight excluding hydrogens is 346 g/mol. The Kier molecular flexibility index (Phi) is 6.77. The topological polar surface area (TPSA) is 66.0 Å². The summed E-state index contributed by atoms with van der Waals surface area (Å²) in [6.07, 6.45) is 0. The van der Waals surface area contributed by atoms with Gasteiger partial charge < -0.3 is 24.3 Å². The van der Waals surface area contributed by atoms with Gasteiger partial charge in [0, 0.05) is 11.6 Å². The molecular formula is C18H20ClNO5. The Labute approximate surface area is 151 Å². The van der Waals surface area contributed by atoms with E-state index in [1.165, 1.54) is 7.11 Å². The van der Waals surface area contributed by atoms with Crippen molar-refractivity contribution in [3.8, 4) is 23.0 Å². The highest BCUT2D eigenvalue weighted by atomic mass is 35.5. The summed E-state index contributed by atoms with van der Waals surface area (Å²) in [5, 5.41) is 3.33. The van der Waals surface area contributed by atoms with Crippen LogP contribution >= 0.6 is 11.6 Å². The van der Waals surface area contributed by atoms with Crippen LogP contribution in [0.2, 0.25) is 5.02 Å². The second kappa shape index (κ2) is 9.03. The van der Waals surface area contributed by atoms with Gasteiger partial charge in [-0.25, -0.2) is 0 Å². The second-order valence-electron chi connectivity index (χ2n) is 5.06. The first-order valence-electron chi connectivity index (χ1n) is 7.51. The molecule has 2 rings (SSSR count). The summed E-state index contributed by atoms with van der Waals surface area (Å²) in [5.74, 6) is 1.84. The number of ether oxygens (including phenoxy) is 4. The molecule has 2 aromatic rings. The molecule has 0 unspecified atom stereocenters. The maximum Gasteiger partial charge on any atom is 0.258 e. The number of carbonyl (C=O) groups excluding carboxylic acids is 1. The van der Waals surface area contributed by atoms with E-state index in [0.717, 1.165) is 5.56 Å². The zero-order valence-electron chi connectivity index (χ0n) is 14.3. The number of nitrogens with one attached hydrogen (secondary N) is 1. The first-order valence-corrected chi connectivity index (χ1v) is 7.89. The number of halogens is 1. The Morgan fingerprint density at radius 3 is 2.28 bits per heavy atom. The molecule has 0 atom stereocenters. The van der Waals surface area contributed by atoms with Gasteiger partial charge in [-0.05, 0) is 35.9 Å². The highest BCUT2D eigenvalue weighted by Crippen LogP contribution is 2.38. The minimum Gasteiger partial charge on any atom is -0.493 e. The maximum atomic E-state index is 12.0. The molecule has 0 spiro atoms. The molecule has 0 aliphatic carbocycles. The van der Waals surface area contributed by atoms with Crippen molar-refractivity contribution in [3.63, 3.8) is 0 Å². The average Bonchev–Trinajstić information content (AvgIpc) is 2.63. The van der Waals surface area contributed by atoms with Gasteiger partial charge in [-0.1, -0.05) is 17.7 Å². The minimum absolute atomic E-state index is 0.106. The molecule has 1 N–H and O–H groups in total. The molecule has 0 saturated heterocycles. The van der Waals surface area contributed by atoms with Crippen LogP contribution in [0.4, 0.5) is 0 Å². The van der Waals surface area contributed by atoms with Crippen molar-refractivity contribution in [3.05, 3.63) is 47.0 Å². The summed E-state index contributed by atoms with van der Waals surface area (Å²) in [7, 11) is 4.62. The van der Waals surface area contributed by atoms with E-state index in [-0.39, 0.29) is 12.5 Å². The van der Waals surface area contributed by atoms with Crippen molar-refractivity contribution in [2.75, 3.05) is 27.9 Å². The number of methoxy groups -OCH3 is 3. The van der Waals surface area contributed by atoms with Gasteiger partial charge in [0.25, 0.3) is 5.91 Å². The largest absolute Gasteiger partial charge is 0.493 e. The molecule has 0 aliphatic rings. The van der Waals surface area contributed by atoms with Gasteiger partial charge in [0.15, 0.2) is 18.1 Å². The molecule has 0 radical (unpaired) electrons. The highest BCUT2D eigenvalue weighted by Gasteiger charge is 2.13. The van der Waals surface area contributed by atoms with Crippen LogP contribution in [-0.4, -0.2) is 33.8 Å². The Morgan fingerprint density at radius 2 is 1.72 bits per heavy atom. The summed E-state index contributed by atoms with van der Waals surface area (Å²) < 4.78 is 21.2. The first-order chi connectivity index (χ1) is 12.1. The van der Waals surface area contributed by atoms with Crippen molar-refractivity contribution < 1.29 is 23.7 Å². The van der Waals surface area contributed by atoms with E-state index >= 15 is 0 Å². The van der Waals surface area contributed by atoms with Crippen LogP contribution < -0.4 is 24.3 Å². The standard InChI is InChI=1S/C18H20ClNO5/c1-22-15-7-12(8-16(23-2)18(15)24-3)10-20-17(21)11-25-14-6-4-5-13(19)9-14/h4-9H,10-11H2,1-3H3,(H,20,21). The lowest BCUT2D eigenvalue weighted by atomic mass is 10.1. The minimum atomic E-state index is -0.256. The Balaban J connectivity index is 1.95. The zero-order chi connectivity index (χ0) is 18.2. The molecule has 6 nitrogen and oxygen atoms in total. The number of carbonyl (C=O) groups is 1. The van der Waals surface area contributed by atoms with E-state index in [1.807, 2.05) is 0 Å². The third-order valence-corrected chi connectivity index (χ3v) is 3.62. The molecule has 134 valence electrons. The van der Waals surface area contributed by atoms with Gasteiger partial charge in [0.2, 0.25) is 5.75 Å². The molecule has 1 amide bonds. The summed E-state index contributed by atoms with van der Waals surface area (Å²) >= 11 is 5.87. The van der Waals surface area contributed by atoms with Crippen molar-refractivity contribution in [2.45, 2.75) is 6.54 Å². The summed E-state index contributed by atoms with van der Waals surface area (Å²) in [6.45, 7) is 0.194. The van der Waals surface area contributed by atoms with E-state index in [0.29, 0.717) is 34.6 Å². The zero-order valence-corrected chi connectivity index (χ0v) is 15.1. The van der Waals surface area contributed by atoms with Crippen LogP contribution in [0.25, 0.3) is 0 Å². The molecule has 25 heavy (non-hydrogen) atoms. The fourth-order valence-corrected chi connectivity index (χ4v) is 2.38. The molecule has 0 saturated carbocycles. The van der Waals surface area contributed by atoms with Gasteiger partial charge in [0.1, 0.15) is 5.75 Å². The van der Waals surface area contributed by atoms with Crippen molar-refractivity contribution in [1.82, 2.24) is 5.32 Å². The van der Waals surface area contributed by atoms with Gasteiger partial charge in [-0.2, -0.15) is 0 Å². The van der Waals surface area contributed by atoms with Crippen molar-refractivity contribution >= 4 is 17.5 Å². The molecule has 2 aromatic carbocycles. The summed E-state index contributed by atoms with van der Waals surface area (Å²) in [5.41, 5.74) is 0.811. The Morgan fingerprint density at radius 1 is 1.04 bits per heavy atom. The fraction of sp³-hybridized carbons (Fsp3) is 0.278. The number of hydrogen-bond donors (Lipinski definition) is 1. The third-order valence-electron chi connectivity index (χ3n) is 3.38. The van der Waals surface area contributed by atoms with E-state index in [2.05, 4.69) is 5.32 Å². The quantitative estimate of drug-likeness (QED) is 0.778. The summed E-state index contributed by atoms with van der Waals surface area (Å²) in [6, 6.07) is 10.4. The lowest BCUT2D eigenvalue weighted by Gasteiger charge is -2.14. The van der Waals surface area contributed by atoms with Crippen LogP contribution in [0.15, 0.2) is 36.4 Å². The van der Waals surface area contributed by atoms with Gasteiger partial charge in [0.05, 0.1) is 21.3 Å². The van der Waals surface area contributed by atoms with Crippen molar-refractivity contribution in [2.24, 2.45) is 0 Å². The highest BCUT2D eigenvalue weighted by molar-refractivity contribution is 6.30. The molecule has 0 heterocycles. The van der Waals surface area contributed by atoms with Crippen LogP contribution in [0.5, 0.6) is 23.0 Å². The van der Waals surface area contributed by atoms with Crippen LogP contribution in [0.3, 0.4) is 0 Å². The molecule has 0 bridgehead atoms. The fourth-order valence-electron chi connectivity index (χ4n) is 2.19.